The second-order valence-electron chi connectivity index (χ2n) is 6.87. The number of carbonyl (C=O) groups is 1. The summed E-state index contributed by atoms with van der Waals surface area (Å²) >= 11 is 0. The number of amidine groups is 1. The lowest BCUT2D eigenvalue weighted by Crippen LogP contribution is -2.57. The molecule has 1 spiro atoms. The van der Waals surface area contributed by atoms with E-state index >= 15 is 0 Å². The van der Waals surface area contributed by atoms with Gasteiger partial charge in [0.15, 0.2) is 5.84 Å². The number of amides is 1. The molecule has 1 aliphatic carbocycles. The molecule has 0 unspecified atom stereocenters. The Hall–Kier alpha value is -2.86. The third kappa shape index (κ3) is 3.80. The molecule has 1 amide bonds. The van der Waals surface area contributed by atoms with Crippen LogP contribution in [0, 0.1) is 0 Å². The molecule has 1 saturated carbocycles. The number of nitrogens with zero attached hydrogens (tertiary/aromatic N) is 2. The van der Waals surface area contributed by atoms with Gasteiger partial charge in [-0.1, -0.05) is 65.8 Å². The predicted octanol–water partition coefficient (Wildman–Crippen LogP) is 3.20. The molecule has 2 aromatic rings. The van der Waals surface area contributed by atoms with Crippen LogP contribution in [0.4, 0.5) is 0 Å². The highest BCUT2D eigenvalue weighted by Crippen LogP contribution is 2.40. The molecule has 6 nitrogen and oxygen atoms in total. The first-order valence-electron chi connectivity index (χ1n) is 9.30. The highest BCUT2D eigenvalue weighted by Gasteiger charge is 2.49. The van der Waals surface area contributed by atoms with Gasteiger partial charge in [-0.05, 0) is 18.4 Å². The van der Waals surface area contributed by atoms with Gasteiger partial charge in [0.05, 0.1) is 6.61 Å². The van der Waals surface area contributed by atoms with Gasteiger partial charge in [0.25, 0.3) is 5.91 Å². The fraction of sp³-hybridized carbons (Fsp3) is 0.333. The molecule has 140 valence electrons. The van der Waals surface area contributed by atoms with Gasteiger partial charge in [0.1, 0.15) is 6.61 Å². The van der Waals surface area contributed by atoms with Crippen molar-refractivity contribution in [3.63, 3.8) is 0 Å². The summed E-state index contributed by atoms with van der Waals surface area (Å²) < 4.78 is 5.56. The standard InChI is InChI=1S/C21H23N3O3/c25-19(16-26-15-17-9-3-1-4-10-17)22-24-20(18-11-5-2-6-12-18)23-27-21(24)13-7-8-14-21/h1-6,9-12H,7-8,13-16H2,(H,22,25). The van der Waals surface area contributed by atoms with E-state index in [1.54, 1.807) is 5.01 Å². The van der Waals surface area contributed by atoms with Crippen LogP contribution in [-0.4, -0.2) is 29.1 Å². The minimum atomic E-state index is -0.583. The number of hydrazine groups is 1. The van der Waals surface area contributed by atoms with Crippen LogP contribution in [0.25, 0.3) is 0 Å². The maximum Gasteiger partial charge on any atom is 0.264 e. The van der Waals surface area contributed by atoms with Gasteiger partial charge >= 0.3 is 0 Å². The minimum absolute atomic E-state index is 0.0243. The summed E-state index contributed by atoms with van der Waals surface area (Å²) in [7, 11) is 0. The fourth-order valence-electron chi connectivity index (χ4n) is 3.56. The van der Waals surface area contributed by atoms with Crippen molar-refractivity contribution in [2.75, 3.05) is 6.61 Å². The Kier molecular flexibility index (Phi) is 5.07. The van der Waals surface area contributed by atoms with E-state index in [-0.39, 0.29) is 12.5 Å². The number of rotatable bonds is 6. The molecule has 0 atom stereocenters. The zero-order valence-corrected chi connectivity index (χ0v) is 15.1. The third-order valence-electron chi connectivity index (χ3n) is 4.92. The molecule has 1 fully saturated rings. The van der Waals surface area contributed by atoms with Crippen LogP contribution >= 0.6 is 0 Å². The molecular formula is C21H23N3O3. The van der Waals surface area contributed by atoms with E-state index in [1.807, 2.05) is 60.7 Å². The quantitative estimate of drug-likeness (QED) is 0.854. The lowest BCUT2D eigenvalue weighted by atomic mass is 10.1. The first-order chi connectivity index (χ1) is 13.3. The van der Waals surface area contributed by atoms with Crippen LogP contribution in [-0.2, 0) is 21.0 Å². The Morgan fingerprint density at radius 1 is 1.07 bits per heavy atom. The summed E-state index contributed by atoms with van der Waals surface area (Å²) in [6.07, 6.45) is 3.76. The summed E-state index contributed by atoms with van der Waals surface area (Å²) in [6, 6.07) is 19.6. The molecule has 4 rings (SSSR count). The molecular weight excluding hydrogens is 342 g/mol. The smallest absolute Gasteiger partial charge is 0.264 e. The first kappa shape index (κ1) is 17.5. The van der Waals surface area contributed by atoms with Crippen LogP contribution in [0.2, 0.25) is 0 Å². The van der Waals surface area contributed by atoms with Crippen molar-refractivity contribution in [1.29, 1.82) is 0 Å². The van der Waals surface area contributed by atoms with Crippen molar-refractivity contribution >= 4 is 11.7 Å². The zero-order valence-electron chi connectivity index (χ0n) is 15.1. The molecule has 0 aromatic heterocycles. The average molecular weight is 365 g/mol. The Balaban J connectivity index is 1.42. The highest BCUT2D eigenvalue weighted by molar-refractivity contribution is 6.00. The summed E-state index contributed by atoms with van der Waals surface area (Å²) in [5.41, 5.74) is 4.32. The number of ether oxygens (including phenoxy) is 1. The van der Waals surface area contributed by atoms with E-state index in [4.69, 9.17) is 9.57 Å². The topological polar surface area (TPSA) is 63.2 Å². The van der Waals surface area contributed by atoms with Crippen LogP contribution < -0.4 is 5.43 Å². The normalized spacial score (nSPS) is 17.6. The number of hydrogen-bond donors (Lipinski definition) is 1. The Morgan fingerprint density at radius 3 is 2.44 bits per heavy atom. The Labute approximate surface area is 158 Å². The number of oxime groups is 1. The number of hydrogen-bond acceptors (Lipinski definition) is 5. The van der Waals surface area contributed by atoms with Crippen molar-refractivity contribution in [2.45, 2.75) is 38.0 Å². The van der Waals surface area contributed by atoms with Crippen molar-refractivity contribution < 1.29 is 14.4 Å². The molecule has 1 aliphatic heterocycles. The predicted molar refractivity (Wildman–Crippen MR) is 101 cm³/mol. The van der Waals surface area contributed by atoms with E-state index < -0.39 is 5.72 Å². The van der Waals surface area contributed by atoms with Gasteiger partial charge in [-0.15, -0.1) is 0 Å². The molecule has 27 heavy (non-hydrogen) atoms. The minimum Gasteiger partial charge on any atom is -0.367 e. The Bertz CT molecular complexity index is 802. The van der Waals surface area contributed by atoms with E-state index in [9.17, 15) is 4.79 Å². The summed E-state index contributed by atoms with van der Waals surface area (Å²) in [5, 5.41) is 6.09. The summed E-state index contributed by atoms with van der Waals surface area (Å²) in [4.78, 5) is 18.3. The Morgan fingerprint density at radius 2 is 1.74 bits per heavy atom. The first-order valence-corrected chi connectivity index (χ1v) is 9.30. The van der Waals surface area contributed by atoms with Crippen LogP contribution in [0.1, 0.15) is 36.8 Å². The summed E-state index contributed by atoms with van der Waals surface area (Å²) in [5.74, 6) is 0.417. The number of carbonyl (C=O) groups excluding carboxylic acids is 1. The molecule has 1 heterocycles. The lowest BCUT2D eigenvalue weighted by molar-refractivity contribution is -0.144. The zero-order chi connectivity index (χ0) is 18.5. The van der Waals surface area contributed by atoms with E-state index in [0.29, 0.717) is 12.4 Å². The number of nitrogens with one attached hydrogen (secondary N) is 1. The second-order valence-corrected chi connectivity index (χ2v) is 6.87. The van der Waals surface area contributed by atoms with Crippen LogP contribution in [0.3, 0.4) is 0 Å². The van der Waals surface area contributed by atoms with Gasteiger partial charge in [0.2, 0.25) is 5.72 Å². The van der Waals surface area contributed by atoms with Gasteiger partial charge in [-0.2, -0.15) is 0 Å². The maximum absolute atomic E-state index is 12.5. The SMILES string of the molecule is O=C(COCc1ccccc1)NN1C(c2ccccc2)=NOC12CCCC2. The molecule has 0 bridgehead atoms. The fourth-order valence-corrected chi connectivity index (χ4v) is 3.56. The van der Waals surface area contributed by atoms with E-state index in [1.165, 1.54) is 0 Å². The van der Waals surface area contributed by atoms with Crippen molar-refractivity contribution in [3.8, 4) is 0 Å². The molecule has 0 saturated heterocycles. The van der Waals surface area contributed by atoms with Crippen molar-refractivity contribution in [2.24, 2.45) is 5.16 Å². The van der Waals surface area contributed by atoms with E-state index in [0.717, 1.165) is 36.8 Å². The van der Waals surface area contributed by atoms with Gasteiger partial charge in [-0.25, -0.2) is 5.01 Å². The van der Waals surface area contributed by atoms with Crippen molar-refractivity contribution in [1.82, 2.24) is 10.4 Å². The molecule has 2 aromatic carbocycles. The van der Waals surface area contributed by atoms with E-state index in [2.05, 4.69) is 10.6 Å². The molecule has 6 heteroatoms. The van der Waals surface area contributed by atoms with Crippen molar-refractivity contribution in [3.05, 3.63) is 71.8 Å². The molecule has 2 aliphatic rings. The number of benzene rings is 2. The van der Waals surface area contributed by atoms with Crippen LogP contribution in [0.15, 0.2) is 65.8 Å². The maximum atomic E-state index is 12.5. The molecule has 0 radical (unpaired) electrons. The van der Waals surface area contributed by atoms with Crippen LogP contribution in [0.5, 0.6) is 0 Å². The molecule has 1 N–H and O–H groups in total. The second kappa shape index (κ2) is 7.80. The monoisotopic (exact) mass is 365 g/mol. The average Bonchev–Trinajstić information content (AvgIpc) is 3.32. The summed E-state index contributed by atoms with van der Waals surface area (Å²) in [6.45, 7) is 0.374. The van der Waals surface area contributed by atoms with Gasteiger partial charge < -0.3 is 9.57 Å². The third-order valence-corrected chi connectivity index (χ3v) is 4.92. The highest BCUT2D eigenvalue weighted by atomic mass is 16.7. The van der Waals surface area contributed by atoms with Gasteiger partial charge in [-0.3, -0.25) is 10.2 Å². The van der Waals surface area contributed by atoms with Gasteiger partial charge in [0, 0.05) is 18.4 Å². The lowest BCUT2D eigenvalue weighted by Gasteiger charge is -2.33. The largest absolute Gasteiger partial charge is 0.367 e.